The molecule has 2 N–H and O–H groups in total. The Balaban J connectivity index is 1.24. The summed E-state index contributed by atoms with van der Waals surface area (Å²) in [6, 6.07) is 14.7. The van der Waals surface area contributed by atoms with Gasteiger partial charge in [0, 0.05) is 41.2 Å². The summed E-state index contributed by atoms with van der Waals surface area (Å²) in [6.07, 6.45) is 12.1. The van der Waals surface area contributed by atoms with Gasteiger partial charge in [-0.15, -0.1) is 0 Å². The van der Waals surface area contributed by atoms with Crippen LogP contribution in [0.5, 0.6) is 0 Å². The largest absolute Gasteiger partial charge is 0.372 e. The summed E-state index contributed by atoms with van der Waals surface area (Å²) in [5, 5.41) is 4.98. The fourth-order valence-electron chi connectivity index (χ4n) is 5.74. The Hall–Kier alpha value is -2.46. The van der Waals surface area contributed by atoms with E-state index in [9.17, 15) is 4.79 Å². The van der Waals surface area contributed by atoms with Crippen LogP contribution in [0.3, 0.4) is 0 Å². The molecule has 2 aromatic carbocycles. The molecule has 0 unspecified atom stereocenters. The van der Waals surface area contributed by atoms with E-state index in [0.29, 0.717) is 18.2 Å². The normalized spacial score (nSPS) is 17.3. The molecule has 1 saturated heterocycles. The zero-order chi connectivity index (χ0) is 23.3. The number of carbonyl (C=O) groups is 1. The molecule has 4 nitrogen and oxygen atoms in total. The van der Waals surface area contributed by atoms with Crippen molar-refractivity contribution >= 4 is 34.1 Å². The molecule has 0 bridgehead atoms. The first-order valence-electron chi connectivity index (χ1n) is 13.1. The molecule has 0 atom stereocenters. The van der Waals surface area contributed by atoms with Crippen molar-refractivity contribution in [2.24, 2.45) is 5.92 Å². The van der Waals surface area contributed by atoms with Crippen LogP contribution in [0.15, 0.2) is 42.5 Å². The van der Waals surface area contributed by atoms with Gasteiger partial charge in [0.1, 0.15) is 5.69 Å². The molecule has 1 aliphatic heterocycles. The first-order chi connectivity index (χ1) is 16.7. The maximum atomic E-state index is 13.2. The molecule has 1 aromatic heterocycles. The summed E-state index contributed by atoms with van der Waals surface area (Å²) in [7, 11) is 0. The number of carbonyl (C=O) groups excluding carboxylic acids is 1. The van der Waals surface area contributed by atoms with Crippen molar-refractivity contribution in [3.05, 3.63) is 64.3 Å². The Kier molecular flexibility index (Phi) is 7.44. The number of aromatic amines is 1. The van der Waals surface area contributed by atoms with E-state index in [1.165, 1.54) is 62.6 Å². The van der Waals surface area contributed by atoms with Crippen molar-refractivity contribution in [1.82, 2.24) is 10.3 Å². The van der Waals surface area contributed by atoms with Gasteiger partial charge in [-0.25, -0.2) is 0 Å². The minimum absolute atomic E-state index is 0.0110. The Morgan fingerprint density at radius 2 is 1.71 bits per heavy atom. The van der Waals surface area contributed by atoms with Crippen molar-refractivity contribution < 1.29 is 4.79 Å². The minimum Gasteiger partial charge on any atom is -0.372 e. The molecule has 1 saturated carbocycles. The van der Waals surface area contributed by atoms with E-state index in [0.717, 1.165) is 47.4 Å². The molecule has 5 heteroatoms. The molecule has 3 aromatic rings. The number of hydrogen-bond acceptors (Lipinski definition) is 2. The Morgan fingerprint density at radius 1 is 0.971 bits per heavy atom. The van der Waals surface area contributed by atoms with E-state index in [-0.39, 0.29) is 5.91 Å². The van der Waals surface area contributed by atoms with Gasteiger partial charge in [-0.05, 0) is 79.5 Å². The van der Waals surface area contributed by atoms with Crippen molar-refractivity contribution in [2.75, 3.05) is 24.5 Å². The van der Waals surface area contributed by atoms with E-state index < -0.39 is 0 Å². The summed E-state index contributed by atoms with van der Waals surface area (Å²) >= 11 is 6.32. The number of amides is 1. The number of aromatic nitrogens is 1. The lowest BCUT2D eigenvalue weighted by atomic mass is 9.84. The van der Waals surface area contributed by atoms with Crippen LogP contribution in [-0.2, 0) is 12.8 Å². The summed E-state index contributed by atoms with van der Waals surface area (Å²) < 4.78 is 0. The molecule has 0 radical (unpaired) electrons. The highest BCUT2D eigenvalue weighted by atomic mass is 35.5. The predicted molar refractivity (Wildman–Crippen MR) is 142 cm³/mol. The lowest BCUT2D eigenvalue weighted by molar-refractivity contribution is 0.0948. The van der Waals surface area contributed by atoms with E-state index in [2.05, 4.69) is 39.5 Å². The van der Waals surface area contributed by atoms with E-state index in [1.807, 2.05) is 18.2 Å². The van der Waals surface area contributed by atoms with Crippen LogP contribution < -0.4 is 10.2 Å². The SMILES string of the molecule is O=C(NCCc1ccc(N2CCCCC2)cc1)c1[nH]c2ccc(Cl)cc2c1CC1CCCCC1. The molecule has 2 heterocycles. The lowest BCUT2D eigenvalue weighted by Crippen LogP contribution is -2.29. The van der Waals surface area contributed by atoms with Crippen molar-refractivity contribution in [1.29, 1.82) is 0 Å². The maximum absolute atomic E-state index is 13.2. The van der Waals surface area contributed by atoms with Crippen LogP contribution in [0, 0.1) is 5.92 Å². The molecular weight excluding hydrogens is 442 g/mol. The minimum atomic E-state index is -0.0110. The Morgan fingerprint density at radius 3 is 2.47 bits per heavy atom. The first-order valence-corrected chi connectivity index (χ1v) is 13.5. The van der Waals surface area contributed by atoms with Gasteiger partial charge in [-0.1, -0.05) is 55.8 Å². The van der Waals surface area contributed by atoms with Gasteiger partial charge in [0.15, 0.2) is 0 Å². The number of hydrogen-bond donors (Lipinski definition) is 2. The summed E-state index contributed by atoms with van der Waals surface area (Å²) in [5.74, 6) is 0.639. The third-order valence-electron chi connectivity index (χ3n) is 7.67. The second kappa shape index (κ2) is 10.9. The second-order valence-corrected chi connectivity index (χ2v) is 10.5. The molecule has 34 heavy (non-hydrogen) atoms. The van der Waals surface area contributed by atoms with Crippen molar-refractivity contribution in [2.45, 2.75) is 64.2 Å². The van der Waals surface area contributed by atoms with E-state index in [4.69, 9.17) is 11.6 Å². The van der Waals surface area contributed by atoms with Gasteiger partial charge >= 0.3 is 0 Å². The van der Waals surface area contributed by atoms with Crippen molar-refractivity contribution in [3.63, 3.8) is 0 Å². The average Bonchev–Trinajstić information content (AvgIpc) is 3.23. The molecule has 1 amide bonds. The smallest absolute Gasteiger partial charge is 0.268 e. The zero-order valence-electron chi connectivity index (χ0n) is 20.0. The highest BCUT2D eigenvalue weighted by Crippen LogP contribution is 2.33. The zero-order valence-corrected chi connectivity index (χ0v) is 20.8. The molecule has 2 fully saturated rings. The molecule has 0 spiro atoms. The topological polar surface area (TPSA) is 48.1 Å². The molecule has 1 aliphatic carbocycles. The molecule has 180 valence electrons. The standard InChI is InChI=1S/C29H36ClN3O/c30-23-11-14-27-25(20-23)26(19-22-7-3-1-4-8-22)28(32-27)29(34)31-16-15-21-9-12-24(13-10-21)33-17-5-2-6-18-33/h9-14,20,22,32H,1-8,15-19H2,(H,31,34). The van der Waals surface area contributed by atoms with Gasteiger partial charge in [0.25, 0.3) is 5.91 Å². The first kappa shape index (κ1) is 23.3. The van der Waals surface area contributed by atoms with Gasteiger partial charge in [-0.2, -0.15) is 0 Å². The Labute approximate surface area is 208 Å². The quantitative estimate of drug-likeness (QED) is 0.388. The number of benzene rings is 2. The number of piperidine rings is 1. The number of nitrogens with zero attached hydrogens (tertiary/aromatic N) is 1. The fraction of sp³-hybridized carbons (Fsp3) is 0.483. The summed E-state index contributed by atoms with van der Waals surface area (Å²) in [4.78, 5) is 19.1. The number of rotatable bonds is 7. The number of H-pyrrole nitrogens is 1. The van der Waals surface area contributed by atoms with Crippen LogP contribution >= 0.6 is 11.6 Å². The lowest BCUT2D eigenvalue weighted by Gasteiger charge is -2.28. The summed E-state index contributed by atoms with van der Waals surface area (Å²) in [6.45, 7) is 2.95. The number of anilines is 1. The second-order valence-electron chi connectivity index (χ2n) is 10.1. The molecule has 2 aliphatic rings. The van der Waals surface area contributed by atoms with Gasteiger partial charge in [-0.3, -0.25) is 4.79 Å². The van der Waals surface area contributed by atoms with Crippen LogP contribution in [0.25, 0.3) is 10.9 Å². The highest BCUT2D eigenvalue weighted by Gasteiger charge is 2.22. The Bertz CT molecular complexity index is 1110. The van der Waals surface area contributed by atoms with Gasteiger partial charge in [0.05, 0.1) is 0 Å². The fourth-order valence-corrected chi connectivity index (χ4v) is 5.91. The van der Waals surface area contributed by atoms with Gasteiger partial charge in [0.2, 0.25) is 0 Å². The summed E-state index contributed by atoms with van der Waals surface area (Å²) in [5.41, 5.74) is 5.41. The van der Waals surface area contributed by atoms with Crippen LogP contribution in [0.1, 0.15) is 73.0 Å². The van der Waals surface area contributed by atoms with E-state index >= 15 is 0 Å². The average molecular weight is 478 g/mol. The molecular formula is C29H36ClN3O. The van der Waals surface area contributed by atoms with Gasteiger partial charge < -0.3 is 15.2 Å². The molecule has 5 rings (SSSR count). The van der Waals surface area contributed by atoms with E-state index in [1.54, 1.807) is 0 Å². The number of fused-ring (bicyclic) bond motifs is 1. The highest BCUT2D eigenvalue weighted by molar-refractivity contribution is 6.31. The maximum Gasteiger partial charge on any atom is 0.268 e. The monoisotopic (exact) mass is 477 g/mol. The third-order valence-corrected chi connectivity index (χ3v) is 7.90. The number of halogens is 1. The van der Waals surface area contributed by atoms with Crippen LogP contribution in [0.2, 0.25) is 5.02 Å². The third kappa shape index (κ3) is 5.43. The van der Waals surface area contributed by atoms with Crippen LogP contribution in [0.4, 0.5) is 5.69 Å². The number of nitrogens with one attached hydrogen (secondary N) is 2. The van der Waals surface area contributed by atoms with Crippen LogP contribution in [-0.4, -0.2) is 30.5 Å². The van der Waals surface area contributed by atoms with Crippen molar-refractivity contribution in [3.8, 4) is 0 Å². The predicted octanol–water partition coefficient (Wildman–Crippen LogP) is 6.91.